The van der Waals surface area contributed by atoms with Crippen LogP contribution in [-0.4, -0.2) is 13.9 Å². The summed E-state index contributed by atoms with van der Waals surface area (Å²) >= 11 is 0. The molecule has 0 aliphatic rings. The third-order valence-electron chi connectivity index (χ3n) is 3.65. The van der Waals surface area contributed by atoms with Gasteiger partial charge < -0.3 is 4.43 Å². The summed E-state index contributed by atoms with van der Waals surface area (Å²) in [6.45, 7) is 11.2. The lowest BCUT2D eigenvalue weighted by molar-refractivity contribution is 0.0705. The van der Waals surface area contributed by atoms with E-state index < -0.39 is 8.32 Å². The van der Waals surface area contributed by atoms with Crippen LogP contribution in [0.15, 0.2) is 0 Å². The molecular weight excluding hydrogens is 212 g/mol. The van der Waals surface area contributed by atoms with E-state index in [-0.39, 0.29) is 5.60 Å². The largest absolute Gasteiger partial charge is 0.411 e. The average molecular weight is 240 g/mol. The van der Waals surface area contributed by atoms with Crippen LogP contribution >= 0.6 is 0 Å². The van der Waals surface area contributed by atoms with Crippen molar-refractivity contribution in [3.63, 3.8) is 0 Å². The van der Waals surface area contributed by atoms with Crippen LogP contribution in [0.2, 0.25) is 18.1 Å². The fraction of sp³-hybridized carbons (Fsp3) is 0.857. The van der Waals surface area contributed by atoms with Gasteiger partial charge >= 0.3 is 0 Å². The second-order valence-electron chi connectivity index (χ2n) is 4.93. The Bertz CT molecular complexity index is 219. The van der Waals surface area contributed by atoms with Gasteiger partial charge in [-0.1, -0.05) is 34.1 Å². The molecule has 94 valence electrons. The Morgan fingerprint density at radius 3 is 1.94 bits per heavy atom. The van der Waals surface area contributed by atoms with E-state index in [1.54, 1.807) is 0 Å². The first-order valence-electron chi connectivity index (χ1n) is 6.65. The Hall–Kier alpha value is -0.263. The lowest BCUT2D eigenvalue weighted by Gasteiger charge is -2.39. The average Bonchev–Trinajstić information content (AvgIpc) is 2.27. The highest BCUT2D eigenvalue weighted by molar-refractivity contribution is 6.73. The van der Waals surface area contributed by atoms with Crippen LogP contribution in [0.4, 0.5) is 0 Å². The molecular formula is C14H28OSi. The zero-order valence-electron chi connectivity index (χ0n) is 11.7. The van der Waals surface area contributed by atoms with Crippen LogP contribution in [0.1, 0.15) is 53.9 Å². The second-order valence-corrected chi connectivity index (χ2v) is 9.62. The summed E-state index contributed by atoms with van der Waals surface area (Å²) in [5.74, 6) is 2.79. The number of terminal acetylenes is 1. The Balaban J connectivity index is 4.77. The lowest BCUT2D eigenvalue weighted by Crippen LogP contribution is -2.45. The molecule has 0 saturated carbocycles. The summed E-state index contributed by atoms with van der Waals surface area (Å²) in [7, 11) is -1.52. The van der Waals surface area contributed by atoms with E-state index in [2.05, 4.69) is 40.5 Å². The van der Waals surface area contributed by atoms with Crippen LogP contribution in [0, 0.1) is 12.3 Å². The molecule has 0 aromatic rings. The van der Waals surface area contributed by atoms with Crippen molar-refractivity contribution >= 4 is 8.32 Å². The van der Waals surface area contributed by atoms with Gasteiger partial charge in [0.1, 0.15) is 0 Å². The molecule has 0 radical (unpaired) electrons. The summed E-state index contributed by atoms with van der Waals surface area (Å²) < 4.78 is 6.55. The molecule has 1 unspecified atom stereocenters. The molecule has 0 amide bonds. The zero-order chi connectivity index (χ0) is 12.7. The first-order valence-corrected chi connectivity index (χ1v) is 9.18. The van der Waals surface area contributed by atoms with Crippen molar-refractivity contribution in [2.45, 2.75) is 77.6 Å². The maximum absolute atomic E-state index is 6.55. The first kappa shape index (κ1) is 15.7. The smallest absolute Gasteiger partial charge is 0.192 e. The van der Waals surface area contributed by atoms with Gasteiger partial charge in [-0.2, -0.15) is 0 Å². The van der Waals surface area contributed by atoms with E-state index in [0.717, 1.165) is 19.3 Å². The minimum atomic E-state index is -1.52. The molecule has 2 heteroatoms. The number of hydrogen-bond acceptors (Lipinski definition) is 1. The predicted octanol–water partition coefficient (Wildman–Crippen LogP) is 4.59. The van der Waals surface area contributed by atoms with Crippen molar-refractivity contribution in [3.05, 3.63) is 0 Å². The van der Waals surface area contributed by atoms with E-state index in [9.17, 15) is 0 Å². The fourth-order valence-corrected chi connectivity index (χ4v) is 5.56. The zero-order valence-corrected chi connectivity index (χ0v) is 12.7. The van der Waals surface area contributed by atoms with Crippen molar-refractivity contribution in [2.24, 2.45) is 0 Å². The van der Waals surface area contributed by atoms with Crippen molar-refractivity contribution in [2.75, 3.05) is 0 Å². The summed E-state index contributed by atoms with van der Waals surface area (Å²) in [4.78, 5) is 0. The molecule has 0 aliphatic heterocycles. The van der Waals surface area contributed by atoms with Crippen molar-refractivity contribution in [1.29, 1.82) is 0 Å². The molecule has 0 aliphatic carbocycles. The standard InChI is InChI=1S/C14H28OSi/c1-7-12-14(6,13-8-2)15-16(9-3,10-4)11-5/h1H,8-13H2,2-6H3. The van der Waals surface area contributed by atoms with Crippen molar-refractivity contribution in [3.8, 4) is 12.3 Å². The monoisotopic (exact) mass is 240 g/mol. The van der Waals surface area contributed by atoms with Gasteiger partial charge in [0.15, 0.2) is 8.32 Å². The first-order chi connectivity index (χ1) is 7.51. The highest BCUT2D eigenvalue weighted by Gasteiger charge is 2.36. The van der Waals surface area contributed by atoms with E-state index >= 15 is 0 Å². The maximum atomic E-state index is 6.55. The molecule has 0 fully saturated rings. The van der Waals surface area contributed by atoms with E-state index in [1.807, 2.05) is 0 Å². The highest BCUT2D eigenvalue weighted by Crippen LogP contribution is 2.32. The number of rotatable bonds is 8. The molecule has 16 heavy (non-hydrogen) atoms. The highest BCUT2D eigenvalue weighted by atomic mass is 28.4. The van der Waals surface area contributed by atoms with Crippen LogP contribution in [-0.2, 0) is 4.43 Å². The van der Waals surface area contributed by atoms with Gasteiger partial charge in [-0.25, -0.2) is 0 Å². The molecule has 0 saturated heterocycles. The Labute approximate surface area is 103 Å². The van der Waals surface area contributed by atoms with E-state index in [4.69, 9.17) is 10.8 Å². The summed E-state index contributed by atoms with van der Waals surface area (Å²) in [5, 5.41) is 0. The van der Waals surface area contributed by atoms with Gasteiger partial charge in [0.25, 0.3) is 0 Å². The predicted molar refractivity (Wildman–Crippen MR) is 75.0 cm³/mol. The number of hydrogen-bond donors (Lipinski definition) is 0. The molecule has 1 atom stereocenters. The topological polar surface area (TPSA) is 9.23 Å². The molecule has 0 heterocycles. The molecule has 0 aromatic heterocycles. The summed E-state index contributed by atoms with van der Waals surface area (Å²) in [6.07, 6.45) is 8.43. The molecule has 0 rings (SSSR count). The second kappa shape index (κ2) is 7.14. The molecule has 0 aromatic carbocycles. The van der Waals surface area contributed by atoms with E-state index in [0.29, 0.717) is 0 Å². The molecule has 1 nitrogen and oxygen atoms in total. The van der Waals surface area contributed by atoms with Crippen LogP contribution in [0.5, 0.6) is 0 Å². The quantitative estimate of drug-likeness (QED) is 0.445. The van der Waals surface area contributed by atoms with Crippen molar-refractivity contribution in [1.82, 2.24) is 0 Å². The Kier molecular flexibility index (Phi) is 7.02. The van der Waals surface area contributed by atoms with Crippen LogP contribution < -0.4 is 0 Å². The molecule has 0 bridgehead atoms. The minimum Gasteiger partial charge on any atom is -0.411 e. The maximum Gasteiger partial charge on any atom is 0.192 e. The normalized spacial score (nSPS) is 15.5. The minimum absolute atomic E-state index is 0.0856. The van der Waals surface area contributed by atoms with Crippen LogP contribution in [0.25, 0.3) is 0 Å². The van der Waals surface area contributed by atoms with E-state index in [1.165, 1.54) is 18.1 Å². The van der Waals surface area contributed by atoms with Gasteiger partial charge in [-0.15, -0.1) is 12.3 Å². The molecule has 0 spiro atoms. The third kappa shape index (κ3) is 4.31. The summed E-state index contributed by atoms with van der Waals surface area (Å²) in [5.41, 5.74) is -0.0856. The summed E-state index contributed by atoms with van der Waals surface area (Å²) in [6, 6.07) is 3.59. The van der Waals surface area contributed by atoms with Crippen LogP contribution in [0.3, 0.4) is 0 Å². The fourth-order valence-electron chi connectivity index (χ4n) is 2.41. The van der Waals surface area contributed by atoms with Gasteiger partial charge in [0.05, 0.1) is 5.60 Å². The Morgan fingerprint density at radius 2 is 1.62 bits per heavy atom. The van der Waals surface area contributed by atoms with Gasteiger partial charge in [0, 0.05) is 6.42 Å². The van der Waals surface area contributed by atoms with Gasteiger partial charge in [-0.05, 0) is 31.5 Å². The SMILES string of the molecule is C#CCC(C)(CCC)O[Si](CC)(CC)CC. The van der Waals surface area contributed by atoms with Gasteiger partial charge in [0.2, 0.25) is 0 Å². The third-order valence-corrected chi connectivity index (χ3v) is 8.44. The molecule has 0 N–H and O–H groups in total. The van der Waals surface area contributed by atoms with Gasteiger partial charge in [-0.3, -0.25) is 0 Å². The lowest BCUT2D eigenvalue weighted by atomic mass is 9.97. The van der Waals surface area contributed by atoms with Crippen molar-refractivity contribution < 1.29 is 4.43 Å². The Morgan fingerprint density at radius 1 is 1.12 bits per heavy atom.